The monoisotopic (exact) mass is 430 g/mol. The number of benzene rings is 2. The predicted molar refractivity (Wildman–Crippen MR) is 110 cm³/mol. The SMILES string of the molecule is CCO/C=C/c1cc(C(=O)OC)ccc1-c1nc(C(F)(F)F)cn1Cc1ccccc1. The summed E-state index contributed by atoms with van der Waals surface area (Å²) in [6.45, 7) is 2.42. The van der Waals surface area contributed by atoms with Gasteiger partial charge in [-0.2, -0.15) is 13.2 Å². The van der Waals surface area contributed by atoms with Crippen molar-refractivity contribution in [1.29, 1.82) is 0 Å². The van der Waals surface area contributed by atoms with Gasteiger partial charge in [0.15, 0.2) is 5.69 Å². The number of ether oxygens (including phenoxy) is 2. The van der Waals surface area contributed by atoms with Gasteiger partial charge in [-0.1, -0.05) is 30.3 Å². The average Bonchev–Trinajstić information content (AvgIpc) is 3.18. The number of rotatable bonds is 7. The van der Waals surface area contributed by atoms with Crippen molar-refractivity contribution in [2.24, 2.45) is 0 Å². The zero-order valence-corrected chi connectivity index (χ0v) is 17.0. The number of carbonyl (C=O) groups excluding carboxylic acids is 1. The number of methoxy groups -OCH3 is 1. The fourth-order valence-corrected chi connectivity index (χ4v) is 3.03. The van der Waals surface area contributed by atoms with Crippen LogP contribution in [0.2, 0.25) is 0 Å². The molecule has 0 unspecified atom stereocenters. The fourth-order valence-electron chi connectivity index (χ4n) is 3.03. The van der Waals surface area contributed by atoms with E-state index in [9.17, 15) is 18.0 Å². The van der Waals surface area contributed by atoms with E-state index >= 15 is 0 Å². The first-order valence-corrected chi connectivity index (χ1v) is 9.52. The maximum atomic E-state index is 13.4. The number of hydrogen-bond acceptors (Lipinski definition) is 4. The Labute approximate surface area is 177 Å². The molecule has 5 nitrogen and oxygen atoms in total. The van der Waals surface area contributed by atoms with Crippen molar-refractivity contribution in [3.05, 3.63) is 83.4 Å². The molecule has 0 aliphatic carbocycles. The Morgan fingerprint density at radius 1 is 1.16 bits per heavy atom. The smallest absolute Gasteiger partial charge is 0.434 e. The van der Waals surface area contributed by atoms with E-state index in [4.69, 9.17) is 9.47 Å². The summed E-state index contributed by atoms with van der Waals surface area (Å²) >= 11 is 0. The maximum Gasteiger partial charge on any atom is 0.434 e. The lowest BCUT2D eigenvalue weighted by molar-refractivity contribution is -0.140. The molecular weight excluding hydrogens is 409 g/mol. The van der Waals surface area contributed by atoms with Crippen molar-refractivity contribution in [3.8, 4) is 11.4 Å². The van der Waals surface area contributed by atoms with Gasteiger partial charge in [0, 0.05) is 18.3 Å². The van der Waals surface area contributed by atoms with Crippen molar-refractivity contribution in [2.45, 2.75) is 19.6 Å². The number of aromatic nitrogens is 2. The van der Waals surface area contributed by atoms with E-state index < -0.39 is 17.8 Å². The van der Waals surface area contributed by atoms with E-state index in [1.165, 1.54) is 30.1 Å². The number of alkyl halides is 3. The molecule has 0 bridgehead atoms. The highest BCUT2D eigenvalue weighted by atomic mass is 19.4. The molecule has 0 radical (unpaired) electrons. The third-order valence-electron chi connectivity index (χ3n) is 4.49. The number of imidazole rings is 1. The van der Waals surface area contributed by atoms with Gasteiger partial charge in [-0.3, -0.25) is 0 Å². The summed E-state index contributed by atoms with van der Waals surface area (Å²) in [5.74, 6) is -0.426. The quantitative estimate of drug-likeness (QED) is 0.372. The van der Waals surface area contributed by atoms with Crippen molar-refractivity contribution < 1.29 is 27.4 Å². The molecule has 0 spiro atoms. The summed E-state index contributed by atoms with van der Waals surface area (Å²) in [5, 5.41) is 0. The Balaban J connectivity index is 2.15. The van der Waals surface area contributed by atoms with Crippen LogP contribution in [0, 0.1) is 0 Å². The minimum atomic E-state index is -4.59. The highest BCUT2D eigenvalue weighted by Crippen LogP contribution is 2.33. The lowest BCUT2D eigenvalue weighted by atomic mass is 10.0. The van der Waals surface area contributed by atoms with Crippen LogP contribution in [0.25, 0.3) is 17.5 Å². The van der Waals surface area contributed by atoms with Gasteiger partial charge in [0.25, 0.3) is 0 Å². The summed E-state index contributed by atoms with van der Waals surface area (Å²) in [6, 6.07) is 13.7. The molecule has 1 heterocycles. The van der Waals surface area contributed by atoms with Crippen molar-refractivity contribution in [2.75, 3.05) is 13.7 Å². The van der Waals surface area contributed by atoms with E-state index in [2.05, 4.69) is 4.98 Å². The second-order valence-electron chi connectivity index (χ2n) is 6.61. The lowest BCUT2D eigenvalue weighted by Gasteiger charge is -2.11. The molecule has 0 saturated carbocycles. The molecular formula is C23H21F3N2O3. The summed E-state index contributed by atoms with van der Waals surface area (Å²) < 4.78 is 51.7. The minimum absolute atomic E-state index is 0.128. The summed E-state index contributed by atoms with van der Waals surface area (Å²) in [7, 11) is 1.26. The van der Waals surface area contributed by atoms with Gasteiger partial charge in [-0.25, -0.2) is 9.78 Å². The molecule has 3 aromatic rings. The van der Waals surface area contributed by atoms with Crippen molar-refractivity contribution >= 4 is 12.0 Å². The van der Waals surface area contributed by atoms with Gasteiger partial charge in [-0.05, 0) is 42.3 Å². The number of carbonyl (C=O) groups is 1. The van der Waals surface area contributed by atoms with Gasteiger partial charge >= 0.3 is 12.1 Å². The molecule has 0 saturated heterocycles. The molecule has 2 aromatic carbocycles. The van der Waals surface area contributed by atoms with Crippen LogP contribution >= 0.6 is 0 Å². The second-order valence-corrected chi connectivity index (χ2v) is 6.61. The first-order valence-electron chi connectivity index (χ1n) is 9.52. The Hall–Kier alpha value is -3.55. The van der Waals surface area contributed by atoms with Crippen molar-refractivity contribution in [1.82, 2.24) is 9.55 Å². The van der Waals surface area contributed by atoms with E-state index in [0.29, 0.717) is 17.7 Å². The van der Waals surface area contributed by atoms with Crippen LogP contribution in [0.15, 0.2) is 61.0 Å². The maximum absolute atomic E-state index is 13.4. The van der Waals surface area contributed by atoms with Gasteiger partial charge in [0.05, 0.1) is 25.5 Å². The van der Waals surface area contributed by atoms with E-state index in [-0.39, 0.29) is 17.9 Å². The Morgan fingerprint density at radius 3 is 2.55 bits per heavy atom. The van der Waals surface area contributed by atoms with Gasteiger partial charge in [0.1, 0.15) is 5.82 Å². The number of nitrogens with zero attached hydrogens (tertiary/aromatic N) is 2. The van der Waals surface area contributed by atoms with Crippen LogP contribution in [0.5, 0.6) is 0 Å². The number of esters is 1. The van der Waals surface area contributed by atoms with E-state index in [1.54, 1.807) is 19.1 Å². The lowest BCUT2D eigenvalue weighted by Crippen LogP contribution is -2.05. The summed E-state index contributed by atoms with van der Waals surface area (Å²) in [5.41, 5.74) is 1.00. The number of halogens is 3. The highest BCUT2D eigenvalue weighted by molar-refractivity contribution is 5.91. The average molecular weight is 430 g/mol. The molecule has 162 valence electrons. The molecule has 0 aliphatic rings. The standard InChI is InChI=1S/C23H21F3N2O3/c1-3-31-12-11-17-13-18(22(29)30-2)9-10-19(17)21-27-20(23(24,25)26)15-28(21)14-16-7-5-4-6-8-16/h4-13,15H,3,14H2,1-2H3/b12-11+. The molecule has 1 aromatic heterocycles. The molecule has 0 aliphatic heterocycles. The zero-order chi connectivity index (χ0) is 22.4. The Kier molecular flexibility index (Phi) is 6.79. The molecule has 8 heteroatoms. The van der Waals surface area contributed by atoms with Crippen LogP contribution in [0.1, 0.15) is 34.1 Å². The van der Waals surface area contributed by atoms with E-state index in [1.807, 2.05) is 30.3 Å². The first-order chi connectivity index (χ1) is 14.8. The van der Waals surface area contributed by atoms with E-state index in [0.717, 1.165) is 11.8 Å². The zero-order valence-electron chi connectivity index (χ0n) is 17.0. The van der Waals surface area contributed by atoms with Crippen LogP contribution < -0.4 is 0 Å². The molecule has 0 amide bonds. The largest absolute Gasteiger partial charge is 0.501 e. The third kappa shape index (κ3) is 5.33. The van der Waals surface area contributed by atoms with Crippen molar-refractivity contribution in [3.63, 3.8) is 0 Å². The van der Waals surface area contributed by atoms with Gasteiger partial charge < -0.3 is 14.0 Å². The highest BCUT2D eigenvalue weighted by Gasteiger charge is 2.35. The Morgan fingerprint density at radius 2 is 1.90 bits per heavy atom. The topological polar surface area (TPSA) is 53.4 Å². The Bertz CT molecular complexity index is 1070. The predicted octanol–water partition coefficient (Wildman–Crippen LogP) is 5.41. The van der Waals surface area contributed by atoms with Crippen LogP contribution in [-0.4, -0.2) is 29.2 Å². The molecule has 0 atom stereocenters. The number of hydrogen-bond donors (Lipinski definition) is 0. The minimum Gasteiger partial charge on any atom is -0.501 e. The van der Waals surface area contributed by atoms with Crippen LogP contribution in [0.3, 0.4) is 0 Å². The van der Waals surface area contributed by atoms with Gasteiger partial charge in [0.2, 0.25) is 0 Å². The molecule has 0 N–H and O–H groups in total. The molecule has 31 heavy (non-hydrogen) atoms. The first kappa shape index (κ1) is 22.1. The van der Waals surface area contributed by atoms with Crippen LogP contribution in [0.4, 0.5) is 13.2 Å². The molecule has 0 fully saturated rings. The third-order valence-corrected chi connectivity index (χ3v) is 4.49. The van der Waals surface area contributed by atoms with Gasteiger partial charge in [-0.15, -0.1) is 0 Å². The van der Waals surface area contributed by atoms with Crippen LogP contribution in [-0.2, 0) is 22.2 Å². The molecule has 3 rings (SSSR count). The fraction of sp³-hybridized carbons (Fsp3) is 0.217. The second kappa shape index (κ2) is 9.51. The summed E-state index contributed by atoms with van der Waals surface area (Å²) in [4.78, 5) is 15.8. The normalized spacial score (nSPS) is 11.6. The summed E-state index contributed by atoms with van der Waals surface area (Å²) in [6.07, 6.45) is -0.592.